The van der Waals surface area contributed by atoms with Crippen LogP contribution in [0.1, 0.15) is 27.2 Å². The summed E-state index contributed by atoms with van der Waals surface area (Å²) in [5, 5.41) is 4.28. The lowest BCUT2D eigenvalue weighted by atomic mass is 10.0. The molecule has 0 amide bonds. The number of ether oxygens (including phenoxy) is 1. The van der Waals surface area contributed by atoms with Gasteiger partial charge in [-0.2, -0.15) is 0 Å². The molecule has 2 rings (SSSR count). The molecule has 20 heavy (non-hydrogen) atoms. The van der Waals surface area contributed by atoms with E-state index in [9.17, 15) is 4.39 Å². The minimum atomic E-state index is -0.283. The lowest BCUT2D eigenvalue weighted by Gasteiger charge is -2.16. The normalized spacial score (nSPS) is 12.4. The lowest BCUT2D eigenvalue weighted by molar-refractivity contribution is 0.383. The quantitative estimate of drug-likeness (QED) is 0.917. The summed E-state index contributed by atoms with van der Waals surface area (Å²) in [6.45, 7) is 3.98. The van der Waals surface area contributed by atoms with E-state index in [1.807, 2.05) is 27.0 Å². The zero-order chi connectivity index (χ0) is 14.7. The van der Waals surface area contributed by atoms with Gasteiger partial charge >= 0.3 is 0 Å². The van der Waals surface area contributed by atoms with E-state index < -0.39 is 0 Å². The Balaban J connectivity index is 2.29. The van der Waals surface area contributed by atoms with Crippen LogP contribution in [0.4, 0.5) is 4.39 Å². The Morgan fingerprint density at radius 1 is 1.40 bits per heavy atom. The van der Waals surface area contributed by atoms with E-state index in [0.717, 1.165) is 15.6 Å². The number of hydrogen-bond acceptors (Lipinski definition) is 4. The first-order valence-electron chi connectivity index (χ1n) is 6.49. The van der Waals surface area contributed by atoms with Gasteiger partial charge in [0.1, 0.15) is 0 Å². The maximum absolute atomic E-state index is 14.2. The van der Waals surface area contributed by atoms with Gasteiger partial charge in [0.05, 0.1) is 17.8 Å². The number of thiazole rings is 1. The molecule has 1 heterocycles. The summed E-state index contributed by atoms with van der Waals surface area (Å²) in [6.07, 6.45) is 0.571. The second kappa shape index (κ2) is 6.33. The van der Waals surface area contributed by atoms with Crippen molar-refractivity contribution in [2.45, 2.75) is 26.3 Å². The summed E-state index contributed by atoms with van der Waals surface area (Å²) < 4.78 is 19.3. The van der Waals surface area contributed by atoms with Gasteiger partial charge in [0, 0.05) is 10.9 Å². The third-order valence-electron chi connectivity index (χ3n) is 3.29. The number of likely N-dealkylation sites (N-methyl/N-ethyl adjacent to an activating group) is 1. The molecule has 0 fully saturated rings. The Kier molecular flexibility index (Phi) is 4.73. The average molecular weight is 294 g/mol. The molecule has 1 N–H and O–H groups in total. The largest absolute Gasteiger partial charge is 0.494 e. The van der Waals surface area contributed by atoms with E-state index in [4.69, 9.17) is 4.74 Å². The summed E-state index contributed by atoms with van der Waals surface area (Å²) in [6, 6.07) is 5.30. The summed E-state index contributed by atoms with van der Waals surface area (Å²) >= 11 is 1.65. The van der Waals surface area contributed by atoms with Crippen molar-refractivity contribution < 1.29 is 9.13 Å². The molecule has 0 saturated carbocycles. The van der Waals surface area contributed by atoms with Crippen molar-refractivity contribution in [2.75, 3.05) is 14.2 Å². The number of halogens is 1. The monoisotopic (exact) mass is 294 g/mol. The number of hydrogen-bond donors (Lipinski definition) is 1. The Bertz CT molecular complexity index is 598. The molecule has 2 aromatic rings. The summed E-state index contributed by atoms with van der Waals surface area (Å²) in [7, 11) is 3.37. The van der Waals surface area contributed by atoms with E-state index in [0.29, 0.717) is 12.0 Å². The molecule has 108 valence electrons. The van der Waals surface area contributed by atoms with Gasteiger partial charge in [-0.3, -0.25) is 0 Å². The molecule has 0 saturated heterocycles. The number of benzene rings is 1. The number of aryl methyl sites for hydroxylation is 2. The summed E-state index contributed by atoms with van der Waals surface area (Å²) in [5.74, 6) is 0.00343. The van der Waals surface area contributed by atoms with Crippen molar-refractivity contribution in [3.05, 3.63) is 45.2 Å². The van der Waals surface area contributed by atoms with Crippen molar-refractivity contribution in [2.24, 2.45) is 0 Å². The summed E-state index contributed by atoms with van der Waals surface area (Å²) in [4.78, 5) is 5.60. The Hall–Kier alpha value is -1.46. The van der Waals surface area contributed by atoms with Gasteiger partial charge in [-0.25, -0.2) is 9.37 Å². The zero-order valence-electron chi connectivity index (χ0n) is 12.2. The molecular formula is C15H19FN2OS. The molecule has 1 unspecified atom stereocenters. The standard InChI is InChI=1S/C15H19FN2OS/c1-9-15(20-10(2)18-9)12(17-3)8-11-6-5-7-13(19-4)14(11)16/h5-7,12,17H,8H2,1-4H3. The topological polar surface area (TPSA) is 34.1 Å². The van der Waals surface area contributed by atoms with E-state index in [1.54, 1.807) is 23.5 Å². The Morgan fingerprint density at radius 3 is 2.70 bits per heavy atom. The lowest BCUT2D eigenvalue weighted by Crippen LogP contribution is -2.19. The van der Waals surface area contributed by atoms with Gasteiger partial charge in [-0.15, -0.1) is 11.3 Å². The van der Waals surface area contributed by atoms with E-state index >= 15 is 0 Å². The molecule has 1 atom stereocenters. The van der Waals surface area contributed by atoms with Crippen LogP contribution in [0.25, 0.3) is 0 Å². The smallest absolute Gasteiger partial charge is 0.168 e. The maximum atomic E-state index is 14.2. The van der Waals surface area contributed by atoms with Crippen LogP contribution in [0.2, 0.25) is 0 Å². The number of aromatic nitrogens is 1. The fraction of sp³-hybridized carbons (Fsp3) is 0.400. The Labute approximate surface area is 122 Å². The van der Waals surface area contributed by atoms with Crippen LogP contribution in [0.15, 0.2) is 18.2 Å². The minimum absolute atomic E-state index is 0.0582. The van der Waals surface area contributed by atoms with E-state index in [1.165, 1.54) is 7.11 Å². The SMILES string of the molecule is CNC(Cc1cccc(OC)c1F)c1sc(C)nc1C. The van der Waals surface area contributed by atoms with E-state index in [2.05, 4.69) is 10.3 Å². The van der Waals surface area contributed by atoms with Crippen LogP contribution in [0.5, 0.6) is 5.75 Å². The van der Waals surface area contributed by atoms with Crippen LogP contribution in [0, 0.1) is 19.7 Å². The molecule has 0 bridgehead atoms. The van der Waals surface area contributed by atoms with Gasteiger partial charge in [0.15, 0.2) is 11.6 Å². The van der Waals surface area contributed by atoms with Crippen LogP contribution in [0.3, 0.4) is 0 Å². The van der Waals surface area contributed by atoms with Crippen molar-refractivity contribution in [1.29, 1.82) is 0 Å². The molecular weight excluding hydrogens is 275 g/mol. The molecule has 3 nitrogen and oxygen atoms in total. The third-order valence-corrected chi connectivity index (χ3v) is 4.48. The number of nitrogens with zero attached hydrogens (tertiary/aromatic N) is 1. The van der Waals surface area contributed by atoms with Gasteiger partial charge in [0.25, 0.3) is 0 Å². The molecule has 1 aromatic carbocycles. The average Bonchev–Trinajstić information content (AvgIpc) is 2.76. The van der Waals surface area contributed by atoms with Crippen molar-refractivity contribution in [1.82, 2.24) is 10.3 Å². The van der Waals surface area contributed by atoms with Crippen molar-refractivity contribution in [3.63, 3.8) is 0 Å². The fourth-order valence-electron chi connectivity index (χ4n) is 2.29. The van der Waals surface area contributed by atoms with Crippen molar-refractivity contribution in [3.8, 4) is 5.75 Å². The molecule has 0 radical (unpaired) electrons. The predicted molar refractivity (Wildman–Crippen MR) is 80.0 cm³/mol. The van der Waals surface area contributed by atoms with Crippen LogP contribution < -0.4 is 10.1 Å². The molecule has 0 spiro atoms. The number of nitrogens with one attached hydrogen (secondary N) is 1. The highest BCUT2D eigenvalue weighted by Crippen LogP contribution is 2.29. The first kappa shape index (κ1) is 14.9. The molecule has 1 aromatic heterocycles. The highest BCUT2D eigenvalue weighted by molar-refractivity contribution is 7.11. The van der Waals surface area contributed by atoms with Crippen molar-refractivity contribution >= 4 is 11.3 Å². The van der Waals surface area contributed by atoms with Gasteiger partial charge in [-0.1, -0.05) is 12.1 Å². The first-order chi connectivity index (χ1) is 9.56. The second-order valence-corrected chi connectivity index (χ2v) is 5.90. The highest BCUT2D eigenvalue weighted by Gasteiger charge is 2.19. The predicted octanol–water partition coefficient (Wildman–Crippen LogP) is 3.41. The van der Waals surface area contributed by atoms with E-state index in [-0.39, 0.29) is 17.6 Å². The molecule has 0 aliphatic carbocycles. The molecule has 0 aliphatic heterocycles. The fourth-order valence-corrected chi connectivity index (χ4v) is 3.33. The molecule has 0 aliphatic rings. The maximum Gasteiger partial charge on any atom is 0.168 e. The third kappa shape index (κ3) is 2.99. The van der Waals surface area contributed by atoms with Crippen LogP contribution >= 0.6 is 11.3 Å². The molecule has 5 heteroatoms. The summed E-state index contributed by atoms with van der Waals surface area (Å²) in [5.41, 5.74) is 1.66. The Morgan fingerprint density at radius 2 is 2.15 bits per heavy atom. The van der Waals surface area contributed by atoms with Gasteiger partial charge in [0.2, 0.25) is 0 Å². The van der Waals surface area contributed by atoms with Crippen LogP contribution in [-0.4, -0.2) is 19.1 Å². The van der Waals surface area contributed by atoms with Gasteiger partial charge in [-0.05, 0) is 38.9 Å². The first-order valence-corrected chi connectivity index (χ1v) is 7.31. The minimum Gasteiger partial charge on any atom is -0.494 e. The highest BCUT2D eigenvalue weighted by atomic mass is 32.1. The second-order valence-electron chi connectivity index (χ2n) is 4.66. The van der Waals surface area contributed by atoms with Gasteiger partial charge < -0.3 is 10.1 Å². The number of rotatable bonds is 5. The van der Waals surface area contributed by atoms with Crippen LogP contribution in [-0.2, 0) is 6.42 Å². The number of methoxy groups -OCH3 is 1. The zero-order valence-corrected chi connectivity index (χ0v) is 13.0.